The second-order valence-electron chi connectivity index (χ2n) is 29.8. The van der Waals surface area contributed by atoms with E-state index in [-0.39, 0.29) is 85.7 Å². The number of nitro benzene ring substituents is 1. The van der Waals surface area contributed by atoms with Crippen LogP contribution in [0.5, 0.6) is 57.5 Å². The minimum absolute atomic E-state index is 0.00898. The Morgan fingerprint density at radius 2 is 0.973 bits per heavy atom. The van der Waals surface area contributed by atoms with Crippen molar-refractivity contribution in [3.8, 4) is 69.6 Å². The number of likely N-dealkylation sites (N-methyl/N-ethyl adjacent to an activating group) is 2. The van der Waals surface area contributed by atoms with E-state index in [4.69, 9.17) is 48.4 Å². The summed E-state index contributed by atoms with van der Waals surface area (Å²) >= 11 is 0. The summed E-state index contributed by atoms with van der Waals surface area (Å²) in [6.45, 7) is 10.5. The molecule has 111 heavy (non-hydrogen) atoms. The van der Waals surface area contributed by atoms with Crippen LogP contribution in [0.25, 0.3) is 21.5 Å². The van der Waals surface area contributed by atoms with E-state index in [9.17, 15) is 59.3 Å². The fraction of sp³-hybridized carbons (Fsp3) is 0.354. The lowest BCUT2D eigenvalue weighted by Crippen LogP contribution is -2.69. The Morgan fingerprint density at radius 1 is 0.550 bits per heavy atom. The van der Waals surface area contributed by atoms with Gasteiger partial charge in [-0.05, 0) is 125 Å². The summed E-state index contributed by atoms with van der Waals surface area (Å²) in [5.74, 6) is -0.945. The Hall–Kier alpha value is -12.4. The highest BCUT2D eigenvalue weighted by Gasteiger charge is 2.61. The monoisotopic (exact) mass is 1500 g/mol. The van der Waals surface area contributed by atoms with Crippen molar-refractivity contribution in [3.63, 3.8) is 0 Å². The van der Waals surface area contributed by atoms with Crippen molar-refractivity contribution in [2.24, 2.45) is 0 Å². The molecule has 566 valence electrons. The van der Waals surface area contributed by atoms with Gasteiger partial charge in [0.2, 0.25) is 13.6 Å². The van der Waals surface area contributed by atoms with Crippen molar-refractivity contribution >= 4 is 74.5 Å². The molecule has 10 atom stereocenters. The van der Waals surface area contributed by atoms with Gasteiger partial charge in [-0.15, -0.1) is 0 Å². The van der Waals surface area contributed by atoms with Gasteiger partial charge in [0.15, 0.2) is 46.0 Å². The van der Waals surface area contributed by atoms with E-state index in [1.807, 2.05) is 51.0 Å². The molecular weight excluding hydrogens is 1430 g/mol. The van der Waals surface area contributed by atoms with Gasteiger partial charge in [-0.3, -0.25) is 73.1 Å². The van der Waals surface area contributed by atoms with E-state index >= 15 is 0 Å². The van der Waals surface area contributed by atoms with Crippen LogP contribution in [0.3, 0.4) is 0 Å². The van der Waals surface area contributed by atoms with Crippen LogP contribution in [-0.4, -0.2) is 172 Å². The summed E-state index contributed by atoms with van der Waals surface area (Å²) in [5, 5.41) is 48.0. The van der Waals surface area contributed by atoms with Crippen molar-refractivity contribution in [1.29, 1.82) is 10.5 Å². The van der Waals surface area contributed by atoms with Gasteiger partial charge in [0.05, 0.1) is 66.6 Å². The summed E-state index contributed by atoms with van der Waals surface area (Å²) in [6, 6.07) is 18.9. The number of ether oxygens (including phenoxy) is 9. The number of nitriles is 2. The number of nitrogen functional groups attached to an aromatic ring is 1. The molecule has 4 amide bonds. The normalized spacial score (nSPS) is 23.4. The second kappa shape index (κ2) is 26.2. The zero-order valence-electron chi connectivity index (χ0n) is 62.3. The van der Waals surface area contributed by atoms with Gasteiger partial charge in [-0.25, -0.2) is 0 Å². The predicted octanol–water partition coefficient (Wildman–Crippen LogP) is 9.49. The van der Waals surface area contributed by atoms with Crippen molar-refractivity contribution < 1.29 is 86.2 Å². The Balaban J connectivity index is 0.000000161. The van der Waals surface area contributed by atoms with E-state index in [0.717, 1.165) is 32.7 Å². The third-order valence-electron chi connectivity index (χ3n) is 24.0. The smallest absolute Gasteiger partial charge is 0.308 e. The summed E-state index contributed by atoms with van der Waals surface area (Å²) in [5.41, 5.74) is 15.3. The summed E-state index contributed by atoms with van der Waals surface area (Å²) < 4.78 is 53.6. The lowest BCUT2D eigenvalue weighted by molar-refractivity contribution is -0.384. The Morgan fingerprint density at radius 3 is 1.43 bits per heavy atom. The summed E-state index contributed by atoms with van der Waals surface area (Å²) in [4.78, 5) is 118. The molecule has 0 saturated carbocycles. The number of hydrogen-bond acceptors (Lipinski definition) is 26. The van der Waals surface area contributed by atoms with Crippen molar-refractivity contribution in [1.82, 2.24) is 29.4 Å². The number of phenols is 1. The number of nitro groups is 1. The molecule has 8 aromatic carbocycles. The van der Waals surface area contributed by atoms with Gasteiger partial charge in [0.25, 0.3) is 29.3 Å². The summed E-state index contributed by atoms with van der Waals surface area (Å²) in [7, 11) is 6.88. The van der Waals surface area contributed by atoms with Crippen LogP contribution in [-0.2, 0) is 40.1 Å². The van der Waals surface area contributed by atoms with Crippen molar-refractivity contribution in [3.05, 3.63) is 172 Å². The maximum atomic E-state index is 14.6. The molecular formula is C82H74N10O19. The molecule has 0 spiro atoms. The van der Waals surface area contributed by atoms with E-state index < -0.39 is 94.8 Å². The Labute approximate surface area is 634 Å². The molecule has 4 bridgehead atoms. The molecule has 29 heteroatoms. The average Bonchev–Trinajstić information content (AvgIpc) is 1.54. The van der Waals surface area contributed by atoms with Gasteiger partial charge in [0, 0.05) is 142 Å². The molecule has 0 unspecified atom stereocenters. The van der Waals surface area contributed by atoms with Crippen LogP contribution >= 0.6 is 0 Å². The number of imide groups is 2. The molecule has 3 N–H and O–H groups in total. The number of piperazine rings is 2. The van der Waals surface area contributed by atoms with Gasteiger partial charge < -0.3 is 53.5 Å². The number of rotatable bonds is 10. The number of phenolic OH excluding ortho intramolecular Hbond substituents is 1. The molecule has 10 aliphatic rings. The molecule has 8 aromatic rings. The topological polar surface area (TPSA) is 359 Å². The van der Waals surface area contributed by atoms with E-state index in [2.05, 4.69) is 26.8 Å². The summed E-state index contributed by atoms with van der Waals surface area (Å²) in [6.07, 6.45) is 1.31. The quantitative estimate of drug-likeness (QED) is 0.0321. The maximum Gasteiger partial charge on any atom is 0.308 e. The van der Waals surface area contributed by atoms with Crippen LogP contribution in [0.2, 0.25) is 0 Å². The zero-order chi connectivity index (χ0) is 78.3. The first kappa shape index (κ1) is 71.5. The first-order valence-corrected chi connectivity index (χ1v) is 36.3. The number of fused-ring (bicyclic) bond motifs is 18. The molecule has 0 aliphatic carbocycles. The van der Waals surface area contributed by atoms with Gasteiger partial charge in [0.1, 0.15) is 23.6 Å². The molecule has 10 aliphatic heterocycles. The van der Waals surface area contributed by atoms with E-state index in [1.54, 1.807) is 56.3 Å². The van der Waals surface area contributed by atoms with E-state index in [0.29, 0.717) is 130 Å². The highest BCUT2D eigenvalue weighted by Crippen LogP contribution is 2.62. The number of benzene rings is 8. The average molecular weight is 1500 g/mol. The third kappa shape index (κ3) is 10.5. The molecule has 0 aromatic heterocycles. The first-order valence-electron chi connectivity index (χ1n) is 36.3. The predicted molar refractivity (Wildman–Crippen MR) is 394 cm³/mol. The molecule has 2 saturated heterocycles. The lowest BCUT2D eigenvalue weighted by Gasteiger charge is -2.60. The van der Waals surface area contributed by atoms with Crippen LogP contribution in [0, 0.1) is 60.5 Å². The van der Waals surface area contributed by atoms with Gasteiger partial charge in [-0.1, -0.05) is 36.4 Å². The number of hydrogen-bond donors (Lipinski definition) is 2. The Kier molecular flexibility index (Phi) is 16.8. The maximum absolute atomic E-state index is 14.6. The first-order chi connectivity index (χ1) is 53.2. The highest BCUT2D eigenvalue weighted by molar-refractivity contribution is 6.27. The number of nitrogens with zero attached hydrogens (tertiary/aromatic N) is 9. The number of amides is 4. The molecule has 29 nitrogen and oxygen atoms in total. The number of non-ortho nitro benzene ring substituents is 1. The number of esters is 3. The number of anilines is 1. The van der Waals surface area contributed by atoms with Crippen LogP contribution in [0.1, 0.15) is 153 Å². The SMILES string of the molecule is COc1c(C)cc2c(c1O)[C@@H]1[C@@H]3Cc4c(OC(C)=O)c(C)c5c(c4[C@H](CN4C(=O)c6cccc7cc([N+](=O)[O-])cc(c67)C4=O)N3[C@@H](C#N)[C@H](C2)N1C)OCO5.COc1c(C)cc2c(c1OC(C)=O)[C@@H]1[C@@H]3Cc4c(OC(C)=O)c(C)c5c(c4[C@H](CN4C(=O)c6cccc7cc(N)cc(c67)C4=O)N3[C@@H](C#N)[C@H](C2)N1C)OCO5. The number of aromatic hydroxyl groups is 1. The molecule has 18 rings (SSSR count). The fourth-order valence-corrected chi connectivity index (χ4v) is 19.9. The minimum Gasteiger partial charge on any atom is -0.504 e. The second-order valence-corrected chi connectivity index (χ2v) is 29.8. The number of aryl methyl sites for hydroxylation is 2. The number of methoxy groups -OCH3 is 2. The van der Waals surface area contributed by atoms with Crippen molar-refractivity contribution in [2.45, 2.75) is 135 Å². The molecule has 0 radical (unpaired) electrons. The number of carbonyl (C=O) groups excluding carboxylic acids is 7. The van der Waals surface area contributed by atoms with Gasteiger partial charge >= 0.3 is 17.9 Å². The number of nitrogens with two attached hydrogens (primary N) is 1. The van der Waals surface area contributed by atoms with Gasteiger partial charge in [-0.2, -0.15) is 10.5 Å². The lowest BCUT2D eigenvalue weighted by atomic mass is 9.71. The zero-order valence-corrected chi connectivity index (χ0v) is 62.3. The van der Waals surface area contributed by atoms with Crippen molar-refractivity contribution in [2.75, 3.05) is 60.7 Å². The van der Waals surface area contributed by atoms with E-state index in [1.165, 1.54) is 52.0 Å². The third-order valence-corrected chi connectivity index (χ3v) is 24.0. The Bertz CT molecular complexity index is 5690. The molecule has 10 heterocycles. The fourth-order valence-electron chi connectivity index (χ4n) is 19.9. The molecule has 2 fully saturated rings. The minimum atomic E-state index is -0.925. The van der Waals surface area contributed by atoms with Crippen LogP contribution in [0.4, 0.5) is 11.4 Å². The largest absolute Gasteiger partial charge is 0.504 e. The highest BCUT2D eigenvalue weighted by atomic mass is 16.7. The van der Waals surface area contributed by atoms with Crippen LogP contribution < -0.4 is 48.4 Å². The van der Waals surface area contributed by atoms with Crippen LogP contribution in [0.15, 0.2) is 72.8 Å². The number of carbonyl (C=O) groups is 7. The standard InChI is InChI=1S/C42H39N5O9.C40H35N5O10/c1-18-10-23-12-28-30(15-43)47-29(35(45(28)5)33(23)40(36(18)52-6)56-21(4)49)14-26-34(39-38(53-17-54-39)19(2)37(26)55-20(3)48)31(47)16-46-41(50)25-9-7-8-22-11-24(44)13-27(32(22)25)42(46)51;1-17-9-21-11-26-28(14-41)44-27(33(42(26)4)31(21)34(47)35(17)52-5)13-24-32(38-37(53-16-54-38)18(2)36(24)55-19(3)46)29(44)15-43-39(48)23-8-6-7-20-10-22(45(50)51)12-25(30(20)23)40(43)49/h7-11,13,28-31,35H,12,14,16-17,44H2,1-6H3;6-10,12,26-29,33,47H,11,13,15-16H2,1-5H3/t28-,29-,30-,31-,35-;26-,27-,28-,29-,33-/m00/s1.